The Morgan fingerprint density at radius 3 is 2.62 bits per heavy atom. The van der Waals surface area contributed by atoms with Crippen LogP contribution in [0.1, 0.15) is 32.6 Å². The lowest BCUT2D eigenvalue weighted by molar-refractivity contribution is -0.142. The number of aliphatic hydroxyl groups excluding tert-OH is 2. The van der Waals surface area contributed by atoms with Crippen molar-refractivity contribution in [2.45, 2.75) is 45.0 Å². The van der Waals surface area contributed by atoms with E-state index in [9.17, 15) is 9.90 Å². The Bertz CT molecular complexity index is 740. The van der Waals surface area contributed by atoms with Crippen molar-refractivity contribution in [1.82, 2.24) is 0 Å². The van der Waals surface area contributed by atoms with E-state index in [1.807, 2.05) is 30.3 Å². The summed E-state index contributed by atoms with van der Waals surface area (Å²) in [5, 5.41) is 20.4. The van der Waals surface area contributed by atoms with Crippen molar-refractivity contribution in [3.63, 3.8) is 0 Å². The van der Waals surface area contributed by atoms with Crippen molar-refractivity contribution in [1.29, 1.82) is 0 Å². The first-order valence-corrected chi connectivity index (χ1v) is 9.23. The number of carbonyl (C=O) groups is 1. The maximum atomic E-state index is 11.2. The SMILES string of the molecule is CC(O)C(=O)Oc1ccc2ccccc2c1.OC1OCC2CCCCC21. The van der Waals surface area contributed by atoms with E-state index in [1.165, 1.54) is 32.6 Å². The third-order valence-corrected chi connectivity index (χ3v) is 5.10. The molecule has 4 unspecified atom stereocenters. The summed E-state index contributed by atoms with van der Waals surface area (Å²) in [6.45, 7) is 2.18. The highest BCUT2D eigenvalue weighted by Crippen LogP contribution is 2.37. The molecule has 1 saturated heterocycles. The maximum Gasteiger partial charge on any atom is 0.340 e. The molecule has 5 heteroatoms. The molecule has 4 atom stereocenters. The monoisotopic (exact) mass is 358 g/mol. The molecule has 0 amide bonds. The zero-order chi connectivity index (χ0) is 18.5. The first kappa shape index (κ1) is 18.8. The first-order chi connectivity index (χ1) is 12.5. The van der Waals surface area contributed by atoms with Gasteiger partial charge in [-0.3, -0.25) is 0 Å². The van der Waals surface area contributed by atoms with Crippen LogP contribution in [-0.4, -0.2) is 35.2 Å². The van der Waals surface area contributed by atoms with Gasteiger partial charge in [0.15, 0.2) is 6.29 Å². The van der Waals surface area contributed by atoms with Crippen LogP contribution < -0.4 is 4.74 Å². The molecule has 2 N–H and O–H groups in total. The van der Waals surface area contributed by atoms with E-state index in [1.54, 1.807) is 12.1 Å². The fraction of sp³-hybridized carbons (Fsp3) is 0.476. The van der Waals surface area contributed by atoms with Gasteiger partial charge in [-0.2, -0.15) is 0 Å². The van der Waals surface area contributed by atoms with E-state index >= 15 is 0 Å². The van der Waals surface area contributed by atoms with Gasteiger partial charge >= 0.3 is 5.97 Å². The summed E-state index contributed by atoms with van der Waals surface area (Å²) in [5.41, 5.74) is 0. The minimum absolute atomic E-state index is 0.440. The predicted molar refractivity (Wildman–Crippen MR) is 98.7 cm³/mol. The van der Waals surface area contributed by atoms with Crippen LogP contribution in [0.25, 0.3) is 10.8 Å². The number of rotatable bonds is 2. The summed E-state index contributed by atoms with van der Waals surface area (Å²) in [4.78, 5) is 11.2. The molecule has 1 aliphatic heterocycles. The molecule has 26 heavy (non-hydrogen) atoms. The van der Waals surface area contributed by atoms with Crippen molar-refractivity contribution in [3.8, 4) is 5.75 Å². The molecule has 0 aromatic heterocycles. The average molecular weight is 358 g/mol. The summed E-state index contributed by atoms with van der Waals surface area (Å²) in [7, 11) is 0. The highest BCUT2D eigenvalue weighted by molar-refractivity contribution is 5.85. The Hall–Kier alpha value is -1.95. The van der Waals surface area contributed by atoms with Gasteiger partial charge in [-0.25, -0.2) is 4.79 Å². The van der Waals surface area contributed by atoms with Crippen LogP contribution in [-0.2, 0) is 9.53 Å². The van der Waals surface area contributed by atoms with Crippen LogP contribution in [0.2, 0.25) is 0 Å². The highest BCUT2D eigenvalue weighted by Gasteiger charge is 2.37. The topological polar surface area (TPSA) is 76.0 Å². The van der Waals surface area contributed by atoms with Gasteiger partial charge in [0.1, 0.15) is 11.9 Å². The van der Waals surface area contributed by atoms with Crippen molar-refractivity contribution in [2.75, 3.05) is 6.61 Å². The van der Waals surface area contributed by atoms with Crippen molar-refractivity contribution < 1.29 is 24.5 Å². The molecule has 2 fully saturated rings. The van der Waals surface area contributed by atoms with Gasteiger partial charge in [0, 0.05) is 5.92 Å². The number of hydrogen-bond acceptors (Lipinski definition) is 5. The minimum Gasteiger partial charge on any atom is -0.425 e. The molecule has 1 saturated carbocycles. The normalized spacial score (nSPS) is 25.7. The number of hydrogen-bond donors (Lipinski definition) is 2. The molecule has 4 rings (SSSR count). The Morgan fingerprint density at radius 1 is 1.15 bits per heavy atom. The van der Waals surface area contributed by atoms with Gasteiger partial charge in [0.05, 0.1) is 6.61 Å². The molecule has 2 aliphatic rings. The quantitative estimate of drug-likeness (QED) is 0.636. The number of fused-ring (bicyclic) bond motifs is 2. The Kier molecular flexibility index (Phi) is 6.25. The molecular formula is C21H26O5. The number of esters is 1. The zero-order valence-corrected chi connectivity index (χ0v) is 15.0. The van der Waals surface area contributed by atoms with Crippen molar-refractivity contribution in [3.05, 3.63) is 42.5 Å². The lowest BCUT2D eigenvalue weighted by Gasteiger charge is -2.24. The third-order valence-electron chi connectivity index (χ3n) is 5.10. The predicted octanol–water partition coefficient (Wildman–Crippen LogP) is 3.27. The van der Waals surface area contributed by atoms with Crippen LogP contribution in [0.15, 0.2) is 42.5 Å². The molecule has 1 aliphatic carbocycles. The van der Waals surface area contributed by atoms with E-state index in [2.05, 4.69) is 0 Å². The molecular weight excluding hydrogens is 332 g/mol. The summed E-state index contributed by atoms with van der Waals surface area (Å²) in [5.74, 6) is 0.942. The van der Waals surface area contributed by atoms with E-state index in [0.717, 1.165) is 17.4 Å². The number of ether oxygens (including phenoxy) is 2. The van der Waals surface area contributed by atoms with E-state index in [-0.39, 0.29) is 0 Å². The lowest BCUT2D eigenvalue weighted by Crippen LogP contribution is -2.22. The second-order valence-electron chi connectivity index (χ2n) is 7.04. The van der Waals surface area contributed by atoms with Crippen LogP contribution in [0.4, 0.5) is 0 Å². The van der Waals surface area contributed by atoms with Crippen molar-refractivity contribution >= 4 is 16.7 Å². The smallest absolute Gasteiger partial charge is 0.340 e. The summed E-state index contributed by atoms with van der Waals surface area (Å²) in [6, 6.07) is 13.1. The highest BCUT2D eigenvalue weighted by atomic mass is 16.6. The van der Waals surface area contributed by atoms with Crippen LogP contribution in [0.5, 0.6) is 5.75 Å². The molecule has 2 aromatic rings. The number of benzene rings is 2. The fourth-order valence-corrected chi connectivity index (χ4v) is 3.60. The van der Waals surface area contributed by atoms with Gasteiger partial charge in [-0.1, -0.05) is 43.2 Å². The van der Waals surface area contributed by atoms with E-state index < -0.39 is 18.4 Å². The largest absolute Gasteiger partial charge is 0.425 e. The van der Waals surface area contributed by atoms with Crippen LogP contribution in [0.3, 0.4) is 0 Å². The van der Waals surface area contributed by atoms with Crippen LogP contribution >= 0.6 is 0 Å². The average Bonchev–Trinajstić information content (AvgIpc) is 3.03. The zero-order valence-electron chi connectivity index (χ0n) is 15.0. The van der Waals surface area contributed by atoms with Gasteiger partial charge in [-0.05, 0) is 48.6 Å². The maximum absolute atomic E-state index is 11.2. The second-order valence-corrected chi connectivity index (χ2v) is 7.04. The Morgan fingerprint density at radius 2 is 1.88 bits per heavy atom. The van der Waals surface area contributed by atoms with Crippen LogP contribution in [0, 0.1) is 11.8 Å². The molecule has 5 nitrogen and oxygen atoms in total. The van der Waals surface area contributed by atoms with Crippen molar-refractivity contribution in [2.24, 2.45) is 11.8 Å². The fourth-order valence-electron chi connectivity index (χ4n) is 3.60. The first-order valence-electron chi connectivity index (χ1n) is 9.23. The Labute approximate surface area is 153 Å². The number of carbonyl (C=O) groups excluding carboxylic acids is 1. The molecule has 2 aromatic carbocycles. The summed E-state index contributed by atoms with van der Waals surface area (Å²) in [6.07, 6.45) is 3.50. The molecule has 0 radical (unpaired) electrons. The van der Waals surface area contributed by atoms with E-state index in [4.69, 9.17) is 14.6 Å². The standard InChI is InChI=1S/C13H12O3.C8H14O2/c1-9(14)13(15)16-12-7-6-10-4-2-3-5-11(10)8-12;9-8-7-4-2-1-3-6(7)5-10-8/h2-9,14H,1H3;6-9H,1-5H2. The second kappa shape index (κ2) is 8.62. The van der Waals surface area contributed by atoms with Gasteiger partial charge in [-0.15, -0.1) is 0 Å². The van der Waals surface area contributed by atoms with E-state index in [0.29, 0.717) is 17.6 Å². The lowest BCUT2D eigenvalue weighted by atomic mass is 9.81. The minimum atomic E-state index is -1.11. The summed E-state index contributed by atoms with van der Waals surface area (Å²) < 4.78 is 10.2. The van der Waals surface area contributed by atoms with Gasteiger partial charge in [0.2, 0.25) is 0 Å². The molecule has 1 heterocycles. The number of aliphatic hydroxyl groups is 2. The van der Waals surface area contributed by atoms with Gasteiger partial charge in [0.25, 0.3) is 0 Å². The van der Waals surface area contributed by atoms with Gasteiger partial charge < -0.3 is 19.7 Å². The molecule has 0 spiro atoms. The Balaban J connectivity index is 0.000000167. The summed E-state index contributed by atoms with van der Waals surface area (Å²) >= 11 is 0. The third kappa shape index (κ3) is 4.61. The molecule has 0 bridgehead atoms. The molecule has 140 valence electrons.